The third-order valence-electron chi connectivity index (χ3n) is 6.44. The predicted molar refractivity (Wildman–Crippen MR) is 80.0 cm³/mol. The lowest BCUT2D eigenvalue weighted by Crippen LogP contribution is -2.49. The second-order valence-corrected chi connectivity index (χ2v) is 7.81. The average molecular weight is 356 g/mol. The summed E-state index contributed by atoms with van der Waals surface area (Å²) in [5, 5.41) is 8.90. The van der Waals surface area contributed by atoms with Crippen LogP contribution in [-0.4, -0.2) is 23.2 Å². The molecule has 4 rings (SSSR count). The first-order valence-electron chi connectivity index (χ1n) is 8.61. The first kappa shape index (κ1) is 16.7. The van der Waals surface area contributed by atoms with Gasteiger partial charge in [-0.05, 0) is 49.5 Å². The third-order valence-corrected chi connectivity index (χ3v) is 6.44. The van der Waals surface area contributed by atoms with Crippen LogP contribution >= 0.6 is 0 Å². The molecule has 0 aromatic rings. The predicted octanol–water partition coefficient (Wildman–Crippen LogP) is 3.69. The van der Waals surface area contributed by atoms with E-state index in [0.717, 1.165) is 0 Å². The Bertz CT molecular complexity index is 680. The van der Waals surface area contributed by atoms with E-state index < -0.39 is 29.4 Å². The normalized spacial score (nSPS) is 41.2. The Kier molecular flexibility index (Phi) is 3.57. The highest BCUT2D eigenvalue weighted by Gasteiger charge is 2.69. The fraction of sp³-hybridized carbons (Fsp3) is 0.667. The summed E-state index contributed by atoms with van der Waals surface area (Å²) >= 11 is 0. The number of halogens is 3. The van der Waals surface area contributed by atoms with Gasteiger partial charge < -0.3 is 9.84 Å². The maximum Gasteiger partial charge on any atom is 0.405 e. The lowest BCUT2D eigenvalue weighted by atomic mass is 9.75. The van der Waals surface area contributed by atoms with Crippen LogP contribution in [0.4, 0.5) is 13.2 Å². The summed E-state index contributed by atoms with van der Waals surface area (Å²) in [6.07, 6.45) is 1.66. The van der Waals surface area contributed by atoms with Crippen LogP contribution in [0.25, 0.3) is 0 Å². The number of alkyl halides is 3. The summed E-state index contributed by atoms with van der Waals surface area (Å²) in [6, 6.07) is 0. The summed E-state index contributed by atoms with van der Waals surface area (Å²) in [5.41, 5.74) is -2.43. The highest BCUT2D eigenvalue weighted by atomic mass is 19.4. The van der Waals surface area contributed by atoms with Gasteiger partial charge >= 0.3 is 18.1 Å². The van der Waals surface area contributed by atoms with Gasteiger partial charge in [0.25, 0.3) is 0 Å². The molecule has 7 heteroatoms. The molecule has 0 aliphatic heterocycles. The van der Waals surface area contributed by atoms with Crippen LogP contribution in [0, 0.1) is 35.0 Å². The Morgan fingerprint density at radius 2 is 2.00 bits per heavy atom. The molecule has 0 heterocycles. The van der Waals surface area contributed by atoms with Gasteiger partial charge in [-0.1, -0.05) is 12.2 Å². The quantitative estimate of drug-likeness (QED) is 0.616. The van der Waals surface area contributed by atoms with Gasteiger partial charge in [0.2, 0.25) is 0 Å². The van der Waals surface area contributed by atoms with Gasteiger partial charge in [0.1, 0.15) is 5.76 Å². The Morgan fingerprint density at radius 1 is 1.24 bits per heavy atom. The molecule has 4 aliphatic rings. The lowest BCUT2D eigenvalue weighted by Gasteiger charge is -2.35. The second-order valence-electron chi connectivity index (χ2n) is 7.81. The second kappa shape index (κ2) is 5.35. The number of aliphatic carboxylic acids is 1. The van der Waals surface area contributed by atoms with E-state index >= 15 is 0 Å². The van der Waals surface area contributed by atoms with Crippen LogP contribution in [0.5, 0.6) is 0 Å². The van der Waals surface area contributed by atoms with Crippen molar-refractivity contribution in [2.45, 2.75) is 38.3 Å². The Balaban J connectivity index is 1.52. The molecule has 4 nitrogen and oxygen atoms in total. The molecule has 0 radical (unpaired) electrons. The van der Waals surface area contributed by atoms with Crippen molar-refractivity contribution >= 4 is 11.9 Å². The van der Waals surface area contributed by atoms with Gasteiger partial charge in [0.15, 0.2) is 5.41 Å². The summed E-state index contributed by atoms with van der Waals surface area (Å²) in [7, 11) is 0. The zero-order valence-electron chi connectivity index (χ0n) is 13.5. The highest BCUT2D eigenvalue weighted by Crippen LogP contribution is 2.61. The average Bonchev–Trinajstić information content (AvgIpc) is 3.24. The van der Waals surface area contributed by atoms with Crippen molar-refractivity contribution in [3.8, 4) is 0 Å². The molecular weight excluding hydrogens is 337 g/mol. The molecule has 0 aromatic carbocycles. The number of hydrogen-bond acceptors (Lipinski definition) is 3. The van der Waals surface area contributed by atoms with Gasteiger partial charge in [-0.25, -0.2) is 0 Å². The summed E-state index contributed by atoms with van der Waals surface area (Å²) in [4.78, 5) is 23.4. The standard InChI is InChI=1S/C18H19F3O4/c19-18(20,21)17(8-9-1-2-13(17)3-9)16(24)25-14-6-10-4-12(14)5-11(10)7-15(22)23/h1-2,6,9-13H,3-5,7-8H2,(H,22,23). The molecule has 0 amide bonds. The van der Waals surface area contributed by atoms with E-state index in [-0.39, 0.29) is 36.5 Å². The van der Waals surface area contributed by atoms with Crippen molar-refractivity contribution in [1.82, 2.24) is 0 Å². The fourth-order valence-electron chi connectivity index (χ4n) is 5.25. The third kappa shape index (κ3) is 2.42. The molecule has 2 saturated carbocycles. The molecule has 6 unspecified atom stereocenters. The Morgan fingerprint density at radius 3 is 2.48 bits per heavy atom. The molecule has 0 aromatic heterocycles. The van der Waals surface area contributed by atoms with Crippen LogP contribution in [-0.2, 0) is 14.3 Å². The van der Waals surface area contributed by atoms with Gasteiger partial charge in [-0.15, -0.1) is 0 Å². The summed E-state index contributed by atoms with van der Waals surface area (Å²) < 4.78 is 46.6. The first-order chi connectivity index (χ1) is 11.7. The smallest absolute Gasteiger partial charge is 0.405 e. The fourth-order valence-corrected chi connectivity index (χ4v) is 5.25. The number of carboxylic acid groups (broad SMARTS) is 1. The molecule has 25 heavy (non-hydrogen) atoms. The molecule has 2 fully saturated rings. The lowest BCUT2D eigenvalue weighted by molar-refractivity contribution is -0.240. The van der Waals surface area contributed by atoms with E-state index in [1.807, 2.05) is 0 Å². The largest absolute Gasteiger partial charge is 0.481 e. The van der Waals surface area contributed by atoms with Gasteiger partial charge in [0, 0.05) is 18.3 Å². The molecule has 0 spiro atoms. The van der Waals surface area contributed by atoms with Crippen molar-refractivity contribution in [3.05, 3.63) is 24.0 Å². The molecule has 136 valence electrons. The van der Waals surface area contributed by atoms with E-state index in [9.17, 15) is 22.8 Å². The minimum absolute atomic E-state index is 0.0213. The summed E-state index contributed by atoms with van der Waals surface area (Å²) in [6.45, 7) is 0. The number of fused-ring (bicyclic) bond motifs is 4. The van der Waals surface area contributed by atoms with Crippen molar-refractivity contribution in [1.29, 1.82) is 0 Å². The first-order valence-corrected chi connectivity index (χ1v) is 8.61. The number of allylic oxidation sites excluding steroid dienone is 4. The molecule has 4 aliphatic carbocycles. The topological polar surface area (TPSA) is 63.6 Å². The van der Waals surface area contributed by atoms with Crippen molar-refractivity contribution in [2.75, 3.05) is 0 Å². The Labute approximate surface area is 142 Å². The van der Waals surface area contributed by atoms with E-state index in [1.54, 1.807) is 12.2 Å². The molecular formula is C18H19F3O4. The Hall–Kier alpha value is -1.79. The zero-order valence-corrected chi connectivity index (χ0v) is 13.5. The van der Waals surface area contributed by atoms with E-state index in [2.05, 4.69) is 0 Å². The SMILES string of the molecule is O=C(O)CC1CC2CC1C=C2OC(=O)C1(C(F)(F)F)CC2C=CC1C2. The maximum absolute atomic E-state index is 13.8. The molecule has 0 saturated heterocycles. The number of carbonyl (C=O) groups excluding carboxylic acids is 1. The van der Waals surface area contributed by atoms with Crippen LogP contribution < -0.4 is 0 Å². The van der Waals surface area contributed by atoms with Crippen LogP contribution in [0.3, 0.4) is 0 Å². The van der Waals surface area contributed by atoms with Gasteiger partial charge in [0.05, 0.1) is 0 Å². The van der Waals surface area contributed by atoms with Crippen LogP contribution in [0.2, 0.25) is 0 Å². The number of carboxylic acids is 1. The minimum atomic E-state index is -4.64. The maximum atomic E-state index is 13.8. The number of carbonyl (C=O) groups is 2. The van der Waals surface area contributed by atoms with E-state index in [1.165, 1.54) is 6.08 Å². The van der Waals surface area contributed by atoms with Crippen LogP contribution in [0.15, 0.2) is 24.0 Å². The van der Waals surface area contributed by atoms with E-state index in [4.69, 9.17) is 9.84 Å². The van der Waals surface area contributed by atoms with Crippen molar-refractivity contribution in [2.24, 2.45) is 35.0 Å². The zero-order chi connectivity index (χ0) is 18.0. The van der Waals surface area contributed by atoms with E-state index in [0.29, 0.717) is 25.0 Å². The number of hydrogen-bond donors (Lipinski definition) is 1. The molecule has 1 N–H and O–H groups in total. The number of esters is 1. The van der Waals surface area contributed by atoms with Gasteiger partial charge in [-0.3, -0.25) is 9.59 Å². The summed E-state index contributed by atoms with van der Waals surface area (Å²) in [5.74, 6) is -3.00. The van der Waals surface area contributed by atoms with Gasteiger partial charge in [-0.2, -0.15) is 13.2 Å². The van der Waals surface area contributed by atoms with Crippen molar-refractivity contribution < 1.29 is 32.6 Å². The number of ether oxygens (including phenoxy) is 1. The van der Waals surface area contributed by atoms with Crippen LogP contribution in [0.1, 0.15) is 32.1 Å². The monoisotopic (exact) mass is 356 g/mol. The molecule has 6 atom stereocenters. The highest BCUT2D eigenvalue weighted by molar-refractivity contribution is 5.81. The molecule has 4 bridgehead atoms. The minimum Gasteiger partial charge on any atom is -0.481 e. The van der Waals surface area contributed by atoms with Crippen molar-refractivity contribution in [3.63, 3.8) is 0 Å². The number of rotatable bonds is 4.